The van der Waals surface area contributed by atoms with Crippen LogP contribution in [0.25, 0.3) is 0 Å². The fraction of sp³-hybridized carbons (Fsp3) is 0.615. The molecule has 35 heavy (non-hydrogen) atoms. The number of amides is 4. The molecule has 4 amide bonds. The first-order valence-corrected chi connectivity index (χ1v) is 12.7. The van der Waals surface area contributed by atoms with Crippen molar-refractivity contribution in [1.82, 2.24) is 15.1 Å². The number of primary amides is 1. The maximum atomic E-state index is 13.3. The monoisotopic (exact) mass is 483 g/mol. The van der Waals surface area contributed by atoms with Gasteiger partial charge in [-0.1, -0.05) is 18.9 Å². The van der Waals surface area contributed by atoms with E-state index in [0.717, 1.165) is 36.8 Å². The van der Waals surface area contributed by atoms with Crippen LogP contribution in [0.1, 0.15) is 56.1 Å². The van der Waals surface area contributed by atoms with Crippen LogP contribution >= 0.6 is 0 Å². The minimum atomic E-state index is -0.701. The van der Waals surface area contributed by atoms with Gasteiger partial charge in [-0.2, -0.15) is 0 Å². The van der Waals surface area contributed by atoms with Crippen LogP contribution < -0.4 is 16.4 Å². The van der Waals surface area contributed by atoms with Gasteiger partial charge < -0.3 is 21.3 Å². The van der Waals surface area contributed by atoms with E-state index in [1.165, 1.54) is 0 Å². The van der Waals surface area contributed by atoms with Gasteiger partial charge in [0.05, 0.1) is 19.0 Å². The first kappa shape index (κ1) is 25.2. The highest BCUT2D eigenvalue weighted by molar-refractivity contribution is 5.96. The van der Waals surface area contributed by atoms with Crippen LogP contribution in [0.15, 0.2) is 18.2 Å². The van der Waals surface area contributed by atoms with Gasteiger partial charge >= 0.3 is 0 Å². The number of piperidine rings is 1. The molecule has 2 aliphatic heterocycles. The number of carbonyl (C=O) groups is 4. The molecule has 0 bridgehead atoms. The lowest BCUT2D eigenvalue weighted by atomic mass is 9.85. The number of fused-ring (bicyclic) bond motifs is 1. The van der Waals surface area contributed by atoms with Gasteiger partial charge in [-0.05, 0) is 62.8 Å². The minimum absolute atomic E-state index is 0.00343. The number of carbonyl (C=O) groups excluding carboxylic acids is 4. The Labute approximate surface area is 206 Å². The number of nitrogens with zero attached hydrogens (tertiary/aromatic N) is 2. The Hall–Kier alpha value is -2.94. The van der Waals surface area contributed by atoms with Gasteiger partial charge in [0.25, 0.3) is 0 Å². The second kappa shape index (κ2) is 10.8. The van der Waals surface area contributed by atoms with Crippen LogP contribution in [-0.2, 0) is 19.2 Å². The quantitative estimate of drug-likeness (QED) is 0.565. The number of hydrogen-bond acceptors (Lipinski definition) is 5. The minimum Gasteiger partial charge on any atom is -0.369 e. The fourth-order valence-corrected chi connectivity index (χ4v) is 5.65. The van der Waals surface area contributed by atoms with Crippen molar-refractivity contribution >= 4 is 29.3 Å². The molecule has 0 aromatic heterocycles. The summed E-state index contributed by atoms with van der Waals surface area (Å²) < 4.78 is 0. The Morgan fingerprint density at radius 2 is 1.77 bits per heavy atom. The number of hydrogen-bond donors (Lipinski definition) is 3. The van der Waals surface area contributed by atoms with Crippen molar-refractivity contribution in [3.63, 3.8) is 0 Å². The highest BCUT2D eigenvalue weighted by Crippen LogP contribution is 2.30. The number of piperazine rings is 1. The topological polar surface area (TPSA) is 125 Å². The molecule has 1 aromatic carbocycles. The van der Waals surface area contributed by atoms with Gasteiger partial charge in [-0.3, -0.25) is 24.1 Å². The van der Waals surface area contributed by atoms with Gasteiger partial charge in [0.1, 0.15) is 0 Å². The Kier molecular flexibility index (Phi) is 7.74. The molecular weight excluding hydrogens is 446 g/mol. The molecule has 0 unspecified atom stereocenters. The Morgan fingerprint density at radius 1 is 1.06 bits per heavy atom. The predicted octanol–water partition coefficient (Wildman–Crippen LogP) is 1.47. The summed E-state index contributed by atoms with van der Waals surface area (Å²) in [5.41, 5.74) is 8.35. The molecule has 1 aromatic rings. The zero-order valence-corrected chi connectivity index (χ0v) is 20.7. The molecule has 9 nitrogen and oxygen atoms in total. The summed E-state index contributed by atoms with van der Waals surface area (Å²) in [7, 11) is 0. The van der Waals surface area contributed by atoms with E-state index in [1.54, 1.807) is 4.90 Å². The van der Waals surface area contributed by atoms with E-state index in [0.29, 0.717) is 31.6 Å². The van der Waals surface area contributed by atoms with E-state index in [9.17, 15) is 19.2 Å². The van der Waals surface area contributed by atoms with Crippen LogP contribution in [0.2, 0.25) is 0 Å². The molecule has 190 valence electrons. The van der Waals surface area contributed by atoms with Gasteiger partial charge in [0.2, 0.25) is 23.6 Å². The zero-order valence-electron chi connectivity index (χ0n) is 20.7. The summed E-state index contributed by atoms with van der Waals surface area (Å²) in [4.78, 5) is 54.5. The van der Waals surface area contributed by atoms with Gasteiger partial charge in [-0.25, -0.2) is 0 Å². The van der Waals surface area contributed by atoms with Crippen LogP contribution in [0.3, 0.4) is 0 Å². The lowest BCUT2D eigenvalue weighted by molar-refractivity contribution is -0.145. The number of anilines is 1. The zero-order chi connectivity index (χ0) is 25.1. The van der Waals surface area contributed by atoms with Crippen LogP contribution in [-0.4, -0.2) is 71.2 Å². The van der Waals surface area contributed by atoms with Gasteiger partial charge in [-0.15, -0.1) is 0 Å². The second-order valence-electron chi connectivity index (χ2n) is 10.3. The Bertz CT molecular complexity index is 988. The van der Waals surface area contributed by atoms with Crippen molar-refractivity contribution < 1.29 is 19.2 Å². The average Bonchev–Trinajstić information content (AvgIpc) is 2.83. The van der Waals surface area contributed by atoms with Crippen molar-refractivity contribution in [2.75, 3.05) is 25.0 Å². The summed E-state index contributed by atoms with van der Waals surface area (Å²) >= 11 is 0. The predicted molar refractivity (Wildman–Crippen MR) is 132 cm³/mol. The molecule has 9 heteroatoms. The van der Waals surface area contributed by atoms with Crippen LogP contribution in [0.5, 0.6) is 0 Å². The summed E-state index contributed by atoms with van der Waals surface area (Å²) in [6.45, 7) is 5.07. The number of likely N-dealkylation sites (tertiary alicyclic amines) is 1. The van der Waals surface area contributed by atoms with Crippen molar-refractivity contribution in [3.8, 4) is 0 Å². The van der Waals surface area contributed by atoms with E-state index in [1.807, 2.05) is 36.9 Å². The van der Waals surface area contributed by atoms with Crippen molar-refractivity contribution in [2.45, 2.75) is 76.9 Å². The van der Waals surface area contributed by atoms with E-state index in [4.69, 9.17) is 5.73 Å². The third kappa shape index (κ3) is 5.83. The van der Waals surface area contributed by atoms with E-state index < -0.39 is 6.04 Å². The molecule has 4 rings (SSSR count). The molecule has 0 spiro atoms. The van der Waals surface area contributed by atoms with Crippen LogP contribution in [0.4, 0.5) is 5.69 Å². The largest absolute Gasteiger partial charge is 0.369 e. The lowest BCUT2D eigenvalue weighted by Gasteiger charge is -2.48. The van der Waals surface area contributed by atoms with Crippen molar-refractivity contribution in [3.05, 3.63) is 29.3 Å². The number of nitrogens with one attached hydrogen (secondary N) is 2. The lowest BCUT2D eigenvalue weighted by Crippen LogP contribution is -2.68. The molecule has 3 atom stereocenters. The molecule has 1 aliphatic carbocycles. The van der Waals surface area contributed by atoms with Crippen molar-refractivity contribution in [1.29, 1.82) is 0 Å². The first-order chi connectivity index (χ1) is 16.7. The maximum Gasteiger partial charge on any atom is 0.238 e. The number of nitrogens with two attached hydrogens (primary N) is 1. The fourth-order valence-electron chi connectivity index (χ4n) is 5.65. The van der Waals surface area contributed by atoms with Gasteiger partial charge in [0.15, 0.2) is 0 Å². The number of benzene rings is 1. The maximum absolute atomic E-state index is 13.3. The van der Waals surface area contributed by atoms with Gasteiger partial charge in [0, 0.05) is 36.8 Å². The standard InChI is InChI=1S/C26H37N5O4/c1-16-7-8-19(13-17(16)2)28-23(32)14-22-26(35)29-20-5-3-4-6-21(20)31(22)15-24(33)30-11-9-18(10-12-30)25(27)34/h7-8,13,18,20-22H,3-6,9-12,14-15H2,1-2H3,(H2,27,34)(H,28,32)(H,29,35)/t20-,21+,22+/m0/s1. The molecular formula is C26H37N5O4. The third-order valence-corrected chi connectivity index (χ3v) is 7.92. The second-order valence-corrected chi connectivity index (χ2v) is 10.3. The molecule has 3 aliphatic rings. The highest BCUT2D eigenvalue weighted by atomic mass is 16.2. The molecule has 1 saturated carbocycles. The first-order valence-electron chi connectivity index (χ1n) is 12.7. The smallest absolute Gasteiger partial charge is 0.238 e. The Morgan fingerprint density at radius 3 is 2.46 bits per heavy atom. The SMILES string of the molecule is Cc1ccc(NC(=O)C[C@@H]2C(=O)N[C@H]3CCCC[C@H]3N2CC(=O)N2CCC(C(N)=O)CC2)cc1C. The number of aryl methyl sites for hydroxylation is 2. The summed E-state index contributed by atoms with van der Waals surface area (Å²) in [5, 5.41) is 6.04. The molecule has 2 heterocycles. The van der Waals surface area contributed by atoms with E-state index >= 15 is 0 Å². The Balaban J connectivity index is 1.46. The number of rotatable bonds is 6. The summed E-state index contributed by atoms with van der Waals surface area (Å²) in [6, 6.07) is 5.07. The third-order valence-electron chi connectivity index (χ3n) is 7.92. The van der Waals surface area contributed by atoms with Crippen molar-refractivity contribution in [2.24, 2.45) is 11.7 Å². The molecule has 2 saturated heterocycles. The molecule has 3 fully saturated rings. The molecule has 4 N–H and O–H groups in total. The summed E-state index contributed by atoms with van der Waals surface area (Å²) in [6.07, 6.45) is 4.96. The summed E-state index contributed by atoms with van der Waals surface area (Å²) in [5.74, 6) is -1.01. The van der Waals surface area contributed by atoms with Crippen LogP contribution in [0, 0.1) is 19.8 Å². The molecule has 0 radical (unpaired) electrons. The van der Waals surface area contributed by atoms with E-state index in [-0.39, 0.29) is 54.6 Å². The normalized spacial score (nSPS) is 25.5. The average molecular weight is 484 g/mol. The highest BCUT2D eigenvalue weighted by Gasteiger charge is 2.44. The van der Waals surface area contributed by atoms with E-state index in [2.05, 4.69) is 10.6 Å².